The van der Waals surface area contributed by atoms with Crippen molar-refractivity contribution in [2.24, 2.45) is 0 Å². The number of ether oxygens (including phenoxy) is 2. The molecule has 1 saturated heterocycles. The lowest BCUT2D eigenvalue weighted by molar-refractivity contribution is 0.0717. The molecule has 1 aliphatic rings. The summed E-state index contributed by atoms with van der Waals surface area (Å²) in [7, 11) is 3.08. The molecule has 4 rings (SSSR count). The van der Waals surface area contributed by atoms with E-state index in [9.17, 15) is 14.0 Å². The fourth-order valence-corrected chi connectivity index (χ4v) is 5.27. The van der Waals surface area contributed by atoms with Crippen LogP contribution in [0.3, 0.4) is 0 Å². The van der Waals surface area contributed by atoms with E-state index < -0.39 is 0 Å². The maximum absolute atomic E-state index is 14.5. The number of carbonyl (C=O) groups excluding carboxylic acids is 2. The van der Waals surface area contributed by atoms with E-state index >= 15 is 0 Å². The minimum Gasteiger partial charge on any atom is -0.496 e. The highest BCUT2D eigenvalue weighted by Gasteiger charge is 2.28. The molecule has 1 aromatic heterocycles. The summed E-state index contributed by atoms with van der Waals surface area (Å²) in [5.41, 5.74) is 1.10. The number of rotatable bonds is 5. The smallest absolute Gasteiger partial charge is 0.264 e. The van der Waals surface area contributed by atoms with Crippen LogP contribution >= 0.6 is 11.3 Å². The lowest BCUT2D eigenvalue weighted by Gasteiger charge is -2.23. The number of para-hydroxylation sites is 1. The maximum Gasteiger partial charge on any atom is 0.264 e. The second-order valence-electron chi connectivity index (χ2n) is 7.59. The Labute approximate surface area is 190 Å². The van der Waals surface area contributed by atoms with Crippen LogP contribution in [-0.2, 0) is 11.3 Å². The average Bonchev–Trinajstić information content (AvgIpc) is 3.01. The molecule has 0 spiro atoms. The van der Waals surface area contributed by atoms with Crippen molar-refractivity contribution in [3.8, 4) is 5.75 Å². The van der Waals surface area contributed by atoms with Gasteiger partial charge in [0.2, 0.25) is 0 Å². The quantitative estimate of drug-likeness (QED) is 0.578. The zero-order chi connectivity index (χ0) is 22.7. The summed E-state index contributed by atoms with van der Waals surface area (Å²) < 4.78 is 25.8. The molecular weight excluding hydrogens is 431 g/mol. The zero-order valence-corrected chi connectivity index (χ0v) is 18.9. The molecule has 0 N–H and O–H groups in total. The van der Waals surface area contributed by atoms with E-state index in [4.69, 9.17) is 9.47 Å². The van der Waals surface area contributed by atoms with Gasteiger partial charge >= 0.3 is 0 Å². The number of hydrogen-bond acceptors (Lipinski definition) is 5. The van der Waals surface area contributed by atoms with Gasteiger partial charge in [-0.2, -0.15) is 0 Å². The minimum atomic E-state index is -0.353. The molecule has 32 heavy (non-hydrogen) atoms. The first-order chi connectivity index (χ1) is 15.5. The lowest BCUT2D eigenvalue weighted by Crippen LogP contribution is -2.37. The van der Waals surface area contributed by atoms with Gasteiger partial charge in [0.15, 0.2) is 0 Å². The van der Waals surface area contributed by atoms with Crippen LogP contribution in [0.4, 0.5) is 4.39 Å². The van der Waals surface area contributed by atoms with Gasteiger partial charge in [0.25, 0.3) is 11.8 Å². The molecule has 2 amide bonds. The molecule has 3 aromatic rings. The summed E-state index contributed by atoms with van der Waals surface area (Å²) in [5, 5.41) is 0.450. The highest BCUT2D eigenvalue weighted by Crippen LogP contribution is 2.34. The van der Waals surface area contributed by atoms with Crippen LogP contribution in [0.1, 0.15) is 32.0 Å². The zero-order valence-electron chi connectivity index (χ0n) is 18.1. The Hall–Kier alpha value is -2.97. The van der Waals surface area contributed by atoms with Crippen molar-refractivity contribution < 1.29 is 23.5 Å². The number of thiophene rings is 1. The van der Waals surface area contributed by atoms with Crippen molar-refractivity contribution in [1.82, 2.24) is 9.80 Å². The van der Waals surface area contributed by atoms with Gasteiger partial charge in [-0.05, 0) is 30.7 Å². The summed E-state index contributed by atoms with van der Waals surface area (Å²) in [6, 6.07) is 12.0. The van der Waals surface area contributed by atoms with Gasteiger partial charge in [-0.15, -0.1) is 11.3 Å². The molecule has 0 radical (unpaired) electrons. The number of benzene rings is 2. The van der Waals surface area contributed by atoms with E-state index in [1.807, 2.05) is 12.1 Å². The van der Waals surface area contributed by atoms with E-state index in [1.165, 1.54) is 24.5 Å². The van der Waals surface area contributed by atoms with Gasteiger partial charge in [-0.1, -0.05) is 18.2 Å². The molecule has 6 nitrogen and oxygen atoms in total. The summed E-state index contributed by atoms with van der Waals surface area (Å²) in [6.45, 7) is 2.06. The predicted octanol–water partition coefficient (Wildman–Crippen LogP) is 4.18. The van der Waals surface area contributed by atoms with Gasteiger partial charge in [0.05, 0.1) is 24.2 Å². The molecule has 1 aliphatic heterocycles. The normalized spacial score (nSPS) is 14.5. The molecule has 0 aliphatic carbocycles. The number of hydrogen-bond donors (Lipinski definition) is 0. The molecule has 2 heterocycles. The summed E-state index contributed by atoms with van der Waals surface area (Å²) in [4.78, 5) is 30.5. The van der Waals surface area contributed by atoms with Gasteiger partial charge < -0.3 is 19.3 Å². The monoisotopic (exact) mass is 456 g/mol. The molecule has 0 saturated carbocycles. The van der Waals surface area contributed by atoms with E-state index in [1.54, 1.807) is 41.2 Å². The molecule has 168 valence electrons. The molecule has 0 bridgehead atoms. The fraction of sp³-hybridized carbons (Fsp3) is 0.333. The number of amides is 2. The van der Waals surface area contributed by atoms with Crippen LogP contribution in [0.5, 0.6) is 5.75 Å². The Morgan fingerprint density at radius 1 is 0.969 bits per heavy atom. The molecule has 0 unspecified atom stereocenters. The van der Waals surface area contributed by atoms with Gasteiger partial charge in [0.1, 0.15) is 11.6 Å². The predicted molar refractivity (Wildman–Crippen MR) is 122 cm³/mol. The minimum absolute atomic E-state index is 0.110. The van der Waals surface area contributed by atoms with Crippen molar-refractivity contribution in [3.05, 3.63) is 64.3 Å². The highest BCUT2D eigenvalue weighted by atomic mass is 32.1. The van der Waals surface area contributed by atoms with E-state index in [0.717, 1.165) is 4.70 Å². The number of nitrogens with zero attached hydrogens (tertiary/aromatic N) is 2. The molecule has 0 atom stereocenters. The number of halogens is 1. The average molecular weight is 457 g/mol. The first-order valence-electron chi connectivity index (χ1n) is 10.5. The van der Waals surface area contributed by atoms with Crippen LogP contribution < -0.4 is 4.74 Å². The van der Waals surface area contributed by atoms with Crippen molar-refractivity contribution in [2.45, 2.75) is 13.0 Å². The lowest BCUT2D eigenvalue weighted by atomic mass is 10.1. The van der Waals surface area contributed by atoms with Crippen LogP contribution in [0.2, 0.25) is 0 Å². The summed E-state index contributed by atoms with van der Waals surface area (Å²) >= 11 is 1.29. The van der Waals surface area contributed by atoms with Crippen molar-refractivity contribution in [3.63, 3.8) is 0 Å². The maximum atomic E-state index is 14.5. The van der Waals surface area contributed by atoms with Gasteiger partial charge in [0, 0.05) is 48.9 Å². The first kappa shape index (κ1) is 22.2. The van der Waals surface area contributed by atoms with E-state index in [-0.39, 0.29) is 24.2 Å². The standard InChI is InChI=1S/C24H25FN2O4S/c1-30-15-17-21-18(25)8-5-10-20(21)32-22(17)24(29)27-12-6-11-26(13-14-27)23(28)16-7-3-4-9-19(16)31-2/h3-5,7-10H,6,11-15H2,1-2H3. The Morgan fingerprint density at radius 2 is 1.69 bits per heavy atom. The topological polar surface area (TPSA) is 59.1 Å². The third-order valence-electron chi connectivity index (χ3n) is 5.65. The molecule has 8 heteroatoms. The SMILES string of the molecule is COCc1c(C(=O)N2CCCN(C(=O)c3ccccc3OC)CC2)sc2cccc(F)c12. The fourth-order valence-electron chi connectivity index (χ4n) is 4.08. The third-order valence-corrected chi connectivity index (χ3v) is 6.84. The van der Waals surface area contributed by atoms with Crippen LogP contribution in [-0.4, -0.2) is 62.0 Å². The van der Waals surface area contributed by atoms with Crippen molar-refractivity contribution in [2.75, 3.05) is 40.4 Å². The van der Waals surface area contributed by atoms with Gasteiger partial charge in [-0.25, -0.2) is 4.39 Å². The number of fused-ring (bicyclic) bond motifs is 1. The Kier molecular flexibility index (Phi) is 6.72. The second kappa shape index (κ2) is 9.67. The van der Waals surface area contributed by atoms with Gasteiger partial charge in [-0.3, -0.25) is 9.59 Å². The van der Waals surface area contributed by atoms with Crippen LogP contribution in [0.15, 0.2) is 42.5 Å². The number of carbonyl (C=O) groups is 2. The van der Waals surface area contributed by atoms with Crippen molar-refractivity contribution >= 4 is 33.2 Å². The van der Waals surface area contributed by atoms with Crippen LogP contribution in [0, 0.1) is 5.82 Å². The van der Waals surface area contributed by atoms with Crippen LogP contribution in [0.25, 0.3) is 10.1 Å². The molecular formula is C24H25FN2O4S. The highest BCUT2D eigenvalue weighted by molar-refractivity contribution is 7.21. The summed E-state index contributed by atoms with van der Waals surface area (Å²) in [6.07, 6.45) is 0.658. The van der Waals surface area contributed by atoms with E-state index in [0.29, 0.717) is 59.7 Å². The first-order valence-corrected chi connectivity index (χ1v) is 11.3. The Balaban J connectivity index is 1.55. The summed E-state index contributed by atoms with van der Waals surface area (Å²) in [5.74, 6) is -0.0783. The Bertz CT molecular complexity index is 1150. The van der Waals surface area contributed by atoms with Crippen molar-refractivity contribution in [1.29, 1.82) is 0 Å². The molecule has 1 fully saturated rings. The Morgan fingerprint density at radius 3 is 2.41 bits per heavy atom. The van der Waals surface area contributed by atoms with E-state index in [2.05, 4.69) is 0 Å². The largest absolute Gasteiger partial charge is 0.496 e. The second-order valence-corrected chi connectivity index (χ2v) is 8.65. The third kappa shape index (κ3) is 4.20. The molecule has 2 aromatic carbocycles. The number of methoxy groups -OCH3 is 2.